The fraction of sp³-hybridized carbons (Fsp3) is 0.333. The Bertz CT molecular complexity index is 1430. The van der Waals surface area contributed by atoms with Crippen molar-refractivity contribution in [3.8, 4) is 10.4 Å². The summed E-state index contributed by atoms with van der Waals surface area (Å²) in [6.07, 6.45) is 3.81. The molecule has 2 aliphatic rings. The van der Waals surface area contributed by atoms with Crippen LogP contribution in [0.15, 0.2) is 35.8 Å². The van der Waals surface area contributed by atoms with Crippen LogP contribution < -0.4 is 5.73 Å². The van der Waals surface area contributed by atoms with E-state index in [1.807, 2.05) is 17.9 Å². The molecule has 0 bridgehead atoms. The highest BCUT2D eigenvalue weighted by atomic mass is 35.5. The van der Waals surface area contributed by atoms with Crippen molar-refractivity contribution < 1.29 is 14.7 Å². The van der Waals surface area contributed by atoms with Gasteiger partial charge in [0.2, 0.25) is 0 Å². The number of hydrogen-bond donors (Lipinski definition) is 2. The van der Waals surface area contributed by atoms with E-state index in [1.165, 1.54) is 21.3 Å². The van der Waals surface area contributed by atoms with Crippen molar-refractivity contribution in [2.24, 2.45) is 11.7 Å². The second-order valence-electron chi connectivity index (χ2n) is 8.79. The number of aromatic nitrogens is 3. The summed E-state index contributed by atoms with van der Waals surface area (Å²) in [5, 5.41) is 11.5. The average Bonchev–Trinajstić information content (AvgIpc) is 3.17. The molecule has 182 valence electrons. The number of imidazole rings is 1. The summed E-state index contributed by atoms with van der Waals surface area (Å²) in [6, 6.07) is 8.85. The number of aryl methyl sites for hydroxylation is 2. The molecule has 3 aromatic heterocycles. The molecule has 1 saturated carbocycles. The molecule has 6 rings (SSSR count). The van der Waals surface area contributed by atoms with Gasteiger partial charge in [0, 0.05) is 30.2 Å². The van der Waals surface area contributed by atoms with Gasteiger partial charge in [-0.3, -0.25) is 9.20 Å². The molecule has 11 heteroatoms. The smallest absolute Gasteiger partial charge is 0.356 e. The summed E-state index contributed by atoms with van der Waals surface area (Å²) in [6.45, 7) is 4.57. The Morgan fingerprint density at radius 2 is 2.06 bits per heavy atom. The summed E-state index contributed by atoms with van der Waals surface area (Å²) < 4.78 is 1.45. The van der Waals surface area contributed by atoms with E-state index in [-0.39, 0.29) is 22.8 Å². The summed E-state index contributed by atoms with van der Waals surface area (Å²) in [5.41, 5.74) is 8.78. The molecule has 1 aromatic carbocycles. The van der Waals surface area contributed by atoms with E-state index < -0.39 is 5.97 Å². The molecule has 1 aliphatic carbocycles. The Morgan fingerprint density at radius 1 is 1.26 bits per heavy atom. The Hall–Kier alpha value is -2.79. The average molecular weight is 530 g/mol. The second-order valence-corrected chi connectivity index (χ2v) is 11.2. The summed E-state index contributed by atoms with van der Waals surface area (Å²) in [5.74, 6) is -0.341. The minimum atomic E-state index is -1.06. The van der Waals surface area contributed by atoms with Gasteiger partial charge in [0.1, 0.15) is 5.69 Å². The number of carboxylic acids is 1. The number of benzene rings is 1. The van der Waals surface area contributed by atoms with E-state index in [0.29, 0.717) is 29.2 Å². The number of nitrogens with two attached hydrogens (primary N) is 1. The maximum absolute atomic E-state index is 13.2. The molecule has 0 radical (unpaired) electrons. The van der Waals surface area contributed by atoms with E-state index in [0.717, 1.165) is 28.3 Å². The molecule has 4 aromatic rings. The molecule has 3 N–H and O–H groups in total. The lowest BCUT2D eigenvalue weighted by atomic mass is 10.1. The lowest BCUT2D eigenvalue weighted by Crippen LogP contribution is -2.42. The monoisotopic (exact) mass is 529 g/mol. The number of hydrogen-bond acceptors (Lipinski definition) is 7. The highest BCUT2D eigenvalue weighted by molar-refractivity contribution is 7.15. The molecule has 8 nitrogen and oxygen atoms in total. The number of carboxylic acid groups (broad SMARTS) is 1. The van der Waals surface area contributed by atoms with Gasteiger partial charge in [0.15, 0.2) is 15.8 Å². The third-order valence-corrected chi connectivity index (χ3v) is 8.40. The van der Waals surface area contributed by atoms with Crippen molar-refractivity contribution in [3.05, 3.63) is 63.0 Å². The Balaban J connectivity index is 0.000000178. The van der Waals surface area contributed by atoms with Gasteiger partial charge in [-0.1, -0.05) is 41.4 Å². The normalized spacial score (nSPS) is 20.5. The lowest BCUT2D eigenvalue weighted by Gasteiger charge is -2.26. The van der Waals surface area contributed by atoms with E-state index in [9.17, 15) is 9.59 Å². The van der Waals surface area contributed by atoms with Crippen molar-refractivity contribution in [1.29, 1.82) is 0 Å². The van der Waals surface area contributed by atoms with E-state index in [1.54, 1.807) is 22.9 Å². The molecule has 35 heavy (non-hydrogen) atoms. The van der Waals surface area contributed by atoms with E-state index >= 15 is 0 Å². The maximum atomic E-state index is 13.2. The number of piperidine rings is 1. The van der Waals surface area contributed by atoms with Crippen molar-refractivity contribution in [3.63, 3.8) is 0 Å². The first-order chi connectivity index (χ1) is 16.8. The minimum absolute atomic E-state index is 0.0212. The van der Waals surface area contributed by atoms with Crippen LogP contribution in [-0.4, -0.2) is 54.9 Å². The second kappa shape index (κ2) is 9.34. The fourth-order valence-corrected chi connectivity index (χ4v) is 6.64. The van der Waals surface area contributed by atoms with Crippen molar-refractivity contribution >= 4 is 51.1 Å². The highest BCUT2D eigenvalue weighted by Gasteiger charge is 2.54. The minimum Gasteiger partial charge on any atom is -0.476 e. The van der Waals surface area contributed by atoms with E-state index in [2.05, 4.69) is 35.1 Å². The Morgan fingerprint density at radius 3 is 2.77 bits per heavy atom. The van der Waals surface area contributed by atoms with Crippen LogP contribution in [0.3, 0.4) is 0 Å². The van der Waals surface area contributed by atoms with Crippen LogP contribution in [0.25, 0.3) is 15.4 Å². The van der Waals surface area contributed by atoms with Gasteiger partial charge in [-0.25, -0.2) is 14.8 Å². The number of rotatable bonds is 4. The van der Waals surface area contributed by atoms with Crippen LogP contribution in [0.2, 0.25) is 5.15 Å². The molecule has 1 amide bonds. The Kier molecular flexibility index (Phi) is 6.39. The van der Waals surface area contributed by atoms with Gasteiger partial charge >= 0.3 is 5.97 Å². The van der Waals surface area contributed by atoms with Crippen LogP contribution in [0, 0.1) is 19.8 Å². The first-order valence-electron chi connectivity index (χ1n) is 11.2. The number of carbonyl (C=O) groups is 2. The van der Waals surface area contributed by atoms with Crippen molar-refractivity contribution in [1.82, 2.24) is 19.3 Å². The third-order valence-electron chi connectivity index (χ3n) is 6.36. The molecule has 3 atom stereocenters. The third kappa shape index (κ3) is 4.47. The standard InChI is InChI=1S/C18H21N3OS.C6H3ClN2O2S/c1-10-4-3-5-12(6-10)17-16(20-11(2)23-17)18(22)21-14(9-19)7-13-8-15(13)21;7-4-3(5(10)11)9-1-2-12-6(9)8-4/h3-6,13-15H,7-9,19H2,1-2H3;1-2H,(H,10,11)/t13-,14+,15+;/m1./s1. The predicted octanol–water partition coefficient (Wildman–Crippen LogP) is 4.74. The number of fused-ring (bicyclic) bond motifs is 2. The Labute approximate surface area is 215 Å². The predicted molar refractivity (Wildman–Crippen MR) is 138 cm³/mol. The lowest BCUT2D eigenvalue weighted by molar-refractivity contribution is 0.0684. The summed E-state index contributed by atoms with van der Waals surface area (Å²) in [4.78, 5) is 35.8. The molecule has 1 saturated heterocycles. The zero-order chi connectivity index (χ0) is 24.9. The van der Waals surface area contributed by atoms with E-state index in [4.69, 9.17) is 22.4 Å². The molecule has 2 fully saturated rings. The molecule has 0 spiro atoms. The number of nitrogens with zero attached hydrogens (tertiary/aromatic N) is 4. The summed E-state index contributed by atoms with van der Waals surface area (Å²) >= 11 is 8.54. The number of aromatic carboxylic acids is 1. The molecular formula is C24H24ClN5O3S2. The van der Waals surface area contributed by atoms with Crippen molar-refractivity contribution in [2.75, 3.05) is 6.54 Å². The van der Waals surface area contributed by atoms with Gasteiger partial charge in [0.25, 0.3) is 5.91 Å². The first-order valence-corrected chi connectivity index (χ1v) is 13.3. The maximum Gasteiger partial charge on any atom is 0.356 e. The quantitative estimate of drug-likeness (QED) is 0.395. The van der Waals surface area contributed by atoms with Crippen LogP contribution in [-0.2, 0) is 0 Å². The van der Waals surface area contributed by atoms with Gasteiger partial charge in [0.05, 0.1) is 9.88 Å². The number of likely N-dealkylation sites (tertiary alicyclic amines) is 1. The highest BCUT2D eigenvalue weighted by Crippen LogP contribution is 2.48. The number of halogens is 1. The fourth-order valence-electron chi connectivity index (χ4n) is 4.71. The first kappa shape index (κ1) is 23.9. The van der Waals surface area contributed by atoms with Crippen LogP contribution >= 0.6 is 34.3 Å². The van der Waals surface area contributed by atoms with Gasteiger partial charge < -0.3 is 15.7 Å². The number of carbonyl (C=O) groups excluding carboxylic acids is 1. The molecule has 1 aliphatic heterocycles. The van der Waals surface area contributed by atoms with Crippen LogP contribution in [0.4, 0.5) is 0 Å². The number of thiazole rings is 2. The molecule has 4 heterocycles. The largest absolute Gasteiger partial charge is 0.476 e. The van der Waals surface area contributed by atoms with Crippen molar-refractivity contribution in [2.45, 2.75) is 38.8 Å². The topological polar surface area (TPSA) is 114 Å². The zero-order valence-electron chi connectivity index (χ0n) is 19.1. The zero-order valence-corrected chi connectivity index (χ0v) is 21.5. The van der Waals surface area contributed by atoms with Gasteiger partial charge in [-0.05, 0) is 38.2 Å². The summed E-state index contributed by atoms with van der Waals surface area (Å²) in [7, 11) is 0. The van der Waals surface area contributed by atoms with Gasteiger partial charge in [-0.15, -0.1) is 22.7 Å². The van der Waals surface area contributed by atoms with Gasteiger partial charge in [-0.2, -0.15) is 0 Å². The van der Waals surface area contributed by atoms with Crippen LogP contribution in [0.1, 0.15) is 44.4 Å². The molecule has 0 unspecified atom stereocenters. The van der Waals surface area contributed by atoms with Crippen LogP contribution in [0.5, 0.6) is 0 Å². The molecular weight excluding hydrogens is 506 g/mol. The number of amides is 1. The SMILES string of the molecule is Cc1cccc(-c2sc(C)nc2C(=O)N2[C@H](CN)C[C@@H]3C[C@@H]32)c1.O=C(O)c1c(Cl)nc2sccn12.